The first-order valence-electron chi connectivity index (χ1n) is 9.12. The molecule has 3 rings (SSSR count). The van der Waals surface area contributed by atoms with Gasteiger partial charge in [-0.3, -0.25) is 19.3 Å². The Labute approximate surface area is 180 Å². The molecule has 0 aromatic heterocycles. The van der Waals surface area contributed by atoms with E-state index in [0.717, 1.165) is 23.1 Å². The van der Waals surface area contributed by atoms with Gasteiger partial charge in [-0.2, -0.15) is 13.2 Å². The number of rotatable bonds is 6. The third kappa shape index (κ3) is 5.66. The zero-order chi connectivity index (χ0) is 22.6. The zero-order valence-corrected chi connectivity index (χ0v) is 17.0. The van der Waals surface area contributed by atoms with E-state index < -0.39 is 35.3 Å². The molecule has 2 aromatic carbocycles. The van der Waals surface area contributed by atoms with Crippen LogP contribution in [-0.2, 0) is 15.8 Å². The van der Waals surface area contributed by atoms with Crippen LogP contribution >= 0.6 is 11.8 Å². The van der Waals surface area contributed by atoms with E-state index in [2.05, 4.69) is 5.32 Å². The molecular weight excluding hydrogens is 433 g/mol. The first kappa shape index (κ1) is 22.4. The molecule has 3 amide bonds. The van der Waals surface area contributed by atoms with Crippen LogP contribution in [0.1, 0.15) is 18.1 Å². The van der Waals surface area contributed by atoms with Crippen molar-refractivity contribution in [1.82, 2.24) is 4.90 Å². The summed E-state index contributed by atoms with van der Waals surface area (Å²) in [6.45, 7) is 1.76. The largest absolute Gasteiger partial charge is 0.494 e. The summed E-state index contributed by atoms with van der Waals surface area (Å²) in [5.74, 6) is -0.772. The second-order valence-electron chi connectivity index (χ2n) is 6.40. The summed E-state index contributed by atoms with van der Waals surface area (Å²) in [7, 11) is 0. The lowest BCUT2D eigenvalue weighted by Crippen LogP contribution is -2.36. The van der Waals surface area contributed by atoms with Crippen molar-refractivity contribution in [2.24, 2.45) is 0 Å². The molecule has 162 valence electrons. The van der Waals surface area contributed by atoms with Gasteiger partial charge in [0.05, 0.1) is 17.1 Å². The van der Waals surface area contributed by atoms with Crippen LogP contribution in [0.3, 0.4) is 0 Å². The predicted octanol–water partition coefficient (Wildman–Crippen LogP) is 4.78. The SMILES string of the molecule is CCOc1ccc(/C=C2\SC(=O)N(CC(=O)Nc3cccc(C(F)(F)F)c3)C2=O)cc1. The fourth-order valence-electron chi connectivity index (χ4n) is 2.73. The van der Waals surface area contributed by atoms with Gasteiger partial charge in [0.25, 0.3) is 11.1 Å². The number of alkyl halides is 3. The normalized spacial score (nSPS) is 15.5. The van der Waals surface area contributed by atoms with Gasteiger partial charge in [-0.25, -0.2) is 0 Å². The Balaban J connectivity index is 1.66. The Hall–Kier alpha value is -3.27. The summed E-state index contributed by atoms with van der Waals surface area (Å²) in [5, 5.41) is 1.64. The second-order valence-corrected chi connectivity index (χ2v) is 7.39. The molecule has 2 aromatic rings. The van der Waals surface area contributed by atoms with Crippen LogP contribution in [0.2, 0.25) is 0 Å². The molecule has 1 heterocycles. The number of nitrogens with zero attached hydrogens (tertiary/aromatic N) is 1. The van der Waals surface area contributed by atoms with Crippen molar-refractivity contribution >= 4 is 40.6 Å². The number of halogens is 3. The number of hydrogen-bond donors (Lipinski definition) is 1. The van der Waals surface area contributed by atoms with E-state index in [9.17, 15) is 27.6 Å². The van der Waals surface area contributed by atoms with Crippen LogP contribution < -0.4 is 10.1 Å². The molecule has 1 aliphatic heterocycles. The summed E-state index contributed by atoms with van der Waals surface area (Å²) in [6.07, 6.45) is -3.04. The van der Waals surface area contributed by atoms with Crippen molar-refractivity contribution in [3.05, 3.63) is 64.6 Å². The quantitative estimate of drug-likeness (QED) is 0.641. The lowest BCUT2D eigenvalue weighted by Gasteiger charge is -2.13. The van der Waals surface area contributed by atoms with Gasteiger partial charge in [0, 0.05) is 5.69 Å². The first-order valence-corrected chi connectivity index (χ1v) is 9.94. The third-order valence-corrected chi connectivity index (χ3v) is 5.05. The molecule has 1 aliphatic rings. The Bertz CT molecular complexity index is 1040. The highest BCUT2D eigenvalue weighted by molar-refractivity contribution is 8.18. The molecule has 0 radical (unpaired) electrons. The maximum atomic E-state index is 12.8. The Morgan fingerprint density at radius 1 is 1.16 bits per heavy atom. The number of nitrogens with one attached hydrogen (secondary N) is 1. The molecule has 1 saturated heterocycles. The predicted molar refractivity (Wildman–Crippen MR) is 110 cm³/mol. The Morgan fingerprint density at radius 3 is 2.52 bits per heavy atom. The number of hydrogen-bond acceptors (Lipinski definition) is 5. The van der Waals surface area contributed by atoms with Gasteiger partial charge in [0.15, 0.2) is 0 Å². The summed E-state index contributed by atoms with van der Waals surface area (Å²) in [6, 6.07) is 11.0. The highest BCUT2D eigenvalue weighted by Crippen LogP contribution is 2.33. The number of thioether (sulfide) groups is 1. The minimum Gasteiger partial charge on any atom is -0.494 e. The van der Waals surface area contributed by atoms with Crippen molar-refractivity contribution in [2.45, 2.75) is 13.1 Å². The van der Waals surface area contributed by atoms with Gasteiger partial charge in [-0.05, 0) is 60.7 Å². The molecule has 6 nitrogen and oxygen atoms in total. The lowest BCUT2D eigenvalue weighted by atomic mass is 10.2. The maximum Gasteiger partial charge on any atom is 0.416 e. The van der Waals surface area contributed by atoms with E-state index in [4.69, 9.17) is 4.74 Å². The topological polar surface area (TPSA) is 75.7 Å². The zero-order valence-electron chi connectivity index (χ0n) is 16.2. The average Bonchev–Trinajstić information content (AvgIpc) is 2.96. The van der Waals surface area contributed by atoms with Crippen molar-refractivity contribution in [3.63, 3.8) is 0 Å². The molecule has 0 atom stereocenters. The average molecular weight is 450 g/mol. The van der Waals surface area contributed by atoms with E-state index in [1.165, 1.54) is 12.1 Å². The van der Waals surface area contributed by atoms with E-state index >= 15 is 0 Å². The molecule has 10 heteroatoms. The summed E-state index contributed by atoms with van der Waals surface area (Å²) in [5.41, 5.74) is -0.339. The number of ether oxygens (including phenoxy) is 1. The summed E-state index contributed by atoms with van der Waals surface area (Å²) < 4.78 is 43.7. The van der Waals surface area contributed by atoms with E-state index in [1.807, 2.05) is 6.92 Å². The fraction of sp³-hybridized carbons (Fsp3) is 0.190. The number of amides is 3. The van der Waals surface area contributed by atoms with Gasteiger partial charge >= 0.3 is 6.18 Å². The standard InChI is InChI=1S/C21H17F3N2O4S/c1-2-30-16-8-6-13(7-9-16)10-17-19(28)26(20(29)31-17)12-18(27)25-15-5-3-4-14(11-15)21(22,23)24/h3-11H,2,12H2,1H3,(H,25,27)/b17-10-. The molecular formula is C21H17F3N2O4S. The van der Waals surface area contributed by atoms with E-state index in [-0.39, 0.29) is 10.6 Å². The lowest BCUT2D eigenvalue weighted by molar-refractivity contribution is -0.137. The van der Waals surface area contributed by atoms with Crippen LogP contribution in [0.25, 0.3) is 6.08 Å². The Kier molecular flexibility index (Phi) is 6.69. The molecule has 1 N–H and O–H groups in total. The number of anilines is 1. The second kappa shape index (κ2) is 9.25. The van der Waals surface area contributed by atoms with Crippen molar-refractivity contribution in [3.8, 4) is 5.75 Å². The molecule has 1 fully saturated rings. The van der Waals surface area contributed by atoms with Gasteiger partial charge in [-0.15, -0.1) is 0 Å². The van der Waals surface area contributed by atoms with Crippen LogP contribution in [0, 0.1) is 0 Å². The summed E-state index contributed by atoms with van der Waals surface area (Å²) in [4.78, 5) is 37.8. The summed E-state index contributed by atoms with van der Waals surface area (Å²) >= 11 is 0.684. The molecule has 31 heavy (non-hydrogen) atoms. The van der Waals surface area contributed by atoms with Crippen molar-refractivity contribution in [1.29, 1.82) is 0 Å². The van der Waals surface area contributed by atoms with Crippen molar-refractivity contribution < 1.29 is 32.3 Å². The van der Waals surface area contributed by atoms with Crippen LogP contribution in [0.15, 0.2) is 53.4 Å². The highest BCUT2D eigenvalue weighted by Gasteiger charge is 2.36. The van der Waals surface area contributed by atoms with E-state index in [1.54, 1.807) is 24.3 Å². The third-order valence-electron chi connectivity index (χ3n) is 4.14. The molecule has 0 spiro atoms. The molecule has 0 unspecified atom stereocenters. The van der Waals surface area contributed by atoms with Gasteiger partial charge in [-0.1, -0.05) is 18.2 Å². The monoisotopic (exact) mass is 450 g/mol. The molecule has 0 bridgehead atoms. The van der Waals surface area contributed by atoms with Crippen LogP contribution in [0.5, 0.6) is 5.75 Å². The number of benzene rings is 2. The van der Waals surface area contributed by atoms with Crippen LogP contribution in [0.4, 0.5) is 23.7 Å². The first-order chi connectivity index (χ1) is 14.7. The number of imide groups is 1. The fourth-order valence-corrected chi connectivity index (χ4v) is 3.57. The van der Waals surface area contributed by atoms with Gasteiger partial charge in [0.2, 0.25) is 5.91 Å². The maximum absolute atomic E-state index is 12.8. The number of carbonyl (C=O) groups excluding carboxylic acids is 3. The smallest absolute Gasteiger partial charge is 0.416 e. The van der Waals surface area contributed by atoms with Gasteiger partial charge < -0.3 is 10.1 Å². The molecule has 0 saturated carbocycles. The van der Waals surface area contributed by atoms with Crippen molar-refractivity contribution in [2.75, 3.05) is 18.5 Å². The highest BCUT2D eigenvalue weighted by atomic mass is 32.2. The van der Waals surface area contributed by atoms with Gasteiger partial charge in [0.1, 0.15) is 12.3 Å². The number of carbonyl (C=O) groups is 3. The van der Waals surface area contributed by atoms with Crippen LogP contribution in [-0.4, -0.2) is 35.1 Å². The minimum atomic E-state index is -4.56. The molecule has 0 aliphatic carbocycles. The van der Waals surface area contributed by atoms with E-state index in [0.29, 0.717) is 29.7 Å². The Morgan fingerprint density at radius 2 is 1.87 bits per heavy atom. The minimum absolute atomic E-state index is 0.0864.